The second-order valence-corrected chi connectivity index (χ2v) is 23.8. The highest BCUT2D eigenvalue weighted by molar-refractivity contribution is 7.90. The lowest BCUT2D eigenvalue weighted by molar-refractivity contribution is -0.384. The molecule has 1 amide bonds. The van der Waals surface area contributed by atoms with E-state index >= 15 is 0 Å². The molecule has 18 nitrogen and oxygen atoms in total. The number of aromatic amines is 1. The number of aromatic nitrogens is 2. The lowest BCUT2D eigenvalue weighted by Gasteiger charge is -2.56. The summed E-state index contributed by atoms with van der Waals surface area (Å²) in [7, 11) is -4.71. The first-order valence-electron chi connectivity index (χ1n) is 26.0. The molecular formula is C54H64N8O10S. The average molecular weight is 1020 g/mol. The van der Waals surface area contributed by atoms with E-state index in [4.69, 9.17) is 23.9 Å². The molecule has 2 saturated carbocycles. The zero-order valence-corrected chi connectivity index (χ0v) is 42.4. The number of pyridine rings is 1. The fourth-order valence-corrected chi connectivity index (χ4v) is 14.0. The van der Waals surface area contributed by atoms with Crippen LogP contribution in [0.25, 0.3) is 11.0 Å². The number of carbonyl (C=O) groups is 1. The Morgan fingerprint density at radius 3 is 2.55 bits per heavy atom. The average Bonchev–Trinajstić information content (AvgIpc) is 4.15. The van der Waals surface area contributed by atoms with Crippen molar-refractivity contribution < 1.29 is 42.2 Å². The number of rotatable bonds is 11. The minimum Gasteiger partial charge on any atom is -0.491 e. The van der Waals surface area contributed by atoms with Crippen LogP contribution in [0.3, 0.4) is 0 Å². The molecule has 2 aliphatic carbocycles. The number of fused-ring (bicyclic) bond motifs is 4. The molecule has 5 aromatic rings. The van der Waals surface area contributed by atoms with E-state index in [9.17, 15) is 28.4 Å². The van der Waals surface area contributed by atoms with Crippen LogP contribution in [-0.4, -0.2) is 115 Å². The van der Waals surface area contributed by atoms with E-state index in [1.54, 1.807) is 12.3 Å². The first-order chi connectivity index (χ1) is 35.1. The van der Waals surface area contributed by atoms with Gasteiger partial charge in [0.15, 0.2) is 11.4 Å². The van der Waals surface area contributed by atoms with Crippen molar-refractivity contribution in [3.63, 3.8) is 0 Å². The van der Waals surface area contributed by atoms with Crippen LogP contribution in [-0.2, 0) is 14.8 Å². The molecule has 3 aromatic carbocycles. The molecule has 4 atom stereocenters. The molecule has 0 unspecified atom stereocenters. The van der Waals surface area contributed by atoms with Crippen LogP contribution >= 0.6 is 0 Å². The number of aliphatic hydroxyl groups is 1. The summed E-state index contributed by atoms with van der Waals surface area (Å²) >= 11 is 0. The van der Waals surface area contributed by atoms with E-state index in [0.717, 1.165) is 74.6 Å². The van der Waals surface area contributed by atoms with Gasteiger partial charge in [0.25, 0.3) is 21.6 Å². The summed E-state index contributed by atoms with van der Waals surface area (Å²) in [5, 5.41) is 27.2. The molecule has 5 fully saturated rings. The number of H-pyrrole nitrogens is 1. The minimum absolute atomic E-state index is 0.00541. The zero-order valence-electron chi connectivity index (χ0n) is 41.5. The Morgan fingerprint density at radius 2 is 1.77 bits per heavy atom. The summed E-state index contributed by atoms with van der Waals surface area (Å²) < 4.78 is 55.8. The van der Waals surface area contributed by atoms with Crippen molar-refractivity contribution in [2.24, 2.45) is 11.3 Å². The van der Waals surface area contributed by atoms with Crippen LogP contribution in [0.1, 0.15) is 107 Å². The lowest BCUT2D eigenvalue weighted by Crippen LogP contribution is -2.55. The van der Waals surface area contributed by atoms with E-state index in [2.05, 4.69) is 62.9 Å². The van der Waals surface area contributed by atoms with Gasteiger partial charge in [0.1, 0.15) is 29.8 Å². The van der Waals surface area contributed by atoms with E-state index in [-0.39, 0.29) is 59.7 Å². The number of hydrogen-bond donors (Lipinski definition) is 4. The molecule has 5 aliphatic heterocycles. The third kappa shape index (κ3) is 8.88. The number of benzene rings is 3. The van der Waals surface area contributed by atoms with Crippen LogP contribution in [0, 0.1) is 21.4 Å². The second kappa shape index (κ2) is 18.3. The fourth-order valence-electron chi connectivity index (χ4n) is 13.0. The highest BCUT2D eigenvalue weighted by Crippen LogP contribution is 2.55. The molecule has 7 heterocycles. The summed E-state index contributed by atoms with van der Waals surface area (Å²) in [5.74, 6) is 0.535. The maximum atomic E-state index is 14.8. The van der Waals surface area contributed by atoms with E-state index in [1.165, 1.54) is 18.1 Å². The summed E-state index contributed by atoms with van der Waals surface area (Å²) in [4.78, 5) is 41.3. The standard InChI is InChI=1S/C54H64N8O10S/c1-32(2)71-46-9-5-4-7-38(46)41-8-6-20-60(41)36-27-54(28-36)17-21-59(22-18-54)35-10-11-39(42(24-35)61-44-23-34-14-19-55-50(34)57-52(44)72-48-31-69-30-45(48)61)51(63)58-73(67,68)37-25-43(62(65)66)49-47(26-37)70-29-40(56-49)33-12-15-53(3,64)16-13-33/h4-5,7,9-11,14,19,23-26,32-33,36,40-41,45,48,56,64H,6,8,12-13,15-18,20-22,27-31H2,1-3H3,(H,55,57)(H,58,63)/t33?,40-,41-,45+,48+,53?/m0/s1. The number of sulfonamides is 1. The number of amides is 1. The summed E-state index contributed by atoms with van der Waals surface area (Å²) in [5.41, 5.74) is 3.06. The van der Waals surface area contributed by atoms with E-state index in [1.807, 2.05) is 36.1 Å². The number of nitro benzene ring substituents is 1. The normalized spacial score (nSPS) is 26.8. The van der Waals surface area contributed by atoms with Crippen LogP contribution < -0.4 is 34.0 Å². The Kier molecular flexibility index (Phi) is 12.0. The van der Waals surface area contributed by atoms with Gasteiger partial charge >= 0.3 is 0 Å². The summed E-state index contributed by atoms with van der Waals surface area (Å²) in [6, 6.07) is 20.3. The van der Waals surface area contributed by atoms with Gasteiger partial charge in [-0.2, -0.15) is 4.98 Å². The smallest absolute Gasteiger partial charge is 0.297 e. The third-order valence-electron chi connectivity index (χ3n) is 17.0. The Hall–Kier alpha value is -6.15. The largest absolute Gasteiger partial charge is 0.491 e. The number of nitrogens with zero attached hydrogens (tertiary/aromatic N) is 5. The molecular weight excluding hydrogens is 953 g/mol. The molecule has 19 heteroatoms. The fraction of sp³-hybridized carbons (Fsp3) is 0.519. The van der Waals surface area contributed by atoms with Crippen LogP contribution in [0.2, 0.25) is 0 Å². The van der Waals surface area contributed by atoms with Crippen LogP contribution in [0.15, 0.2) is 77.8 Å². The van der Waals surface area contributed by atoms with Crippen molar-refractivity contribution in [1.82, 2.24) is 19.6 Å². The molecule has 386 valence electrons. The van der Waals surface area contributed by atoms with Crippen molar-refractivity contribution in [2.45, 2.75) is 132 Å². The van der Waals surface area contributed by atoms with Gasteiger partial charge in [0, 0.05) is 60.1 Å². The van der Waals surface area contributed by atoms with Gasteiger partial charge in [-0.25, -0.2) is 13.1 Å². The molecule has 12 rings (SSSR count). The number of hydrogen-bond acceptors (Lipinski definition) is 15. The van der Waals surface area contributed by atoms with Crippen molar-refractivity contribution in [3.05, 3.63) is 94.2 Å². The van der Waals surface area contributed by atoms with Crippen LogP contribution in [0.4, 0.5) is 28.4 Å². The van der Waals surface area contributed by atoms with E-state index in [0.29, 0.717) is 67.3 Å². The Morgan fingerprint density at radius 1 is 0.973 bits per heavy atom. The number of para-hydroxylation sites is 1. The van der Waals surface area contributed by atoms with Gasteiger partial charge in [-0.1, -0.05) is 18.2 Å². The van der Waals surface area contributed by atoms with Crippen molar-refractivity contribution in [1.29, 1.82) is 0 Å². The number of nitrogens with one attached hydrogen (secondary N) is 3. The molecule has 3 saturated heterocycles. The van der Waals surface area contributed by atoms with Gasteiger partial charge in [-0.05, 0) is 139 Å². The predicted molar refractivity (Wildman–Crippen MR) is 275 cm³/mol. The molecule has 1 spiro atoms. The molecule has 0 bridgehead atoms. The third-order valence-corrected chi connectivity index (χ3v) is 18.3. The number of carbonyl (C=O) groups excluding carboxylic acids is 1. The number of ether oxygens (including phenoxy) is 4. The van der Waals surface area contributed by atoms with E-state index < -0.39 is 43.1 Å². The topological polar surface area (TPSA) is 214 Å². The number of likely N-dealkylation sites (tertiary alicyclic amines) is 1. The van der Waals surface area contributed by atoms with Gasteiger partial charge in [0.2, 0.25) is 5.88 Å². The van der Waals surface area contributed by atoms with Crippen molar-refractivity contribution in [3.8, 4) is 17.4 Å². The maximum Gasteiger partial charge on any atom is 0.297 e. The Labute approximate surface area is 424 Å². The highest BCUT2D eigenvalue weighted by Gasteiger charge is 2.51. The van der Waals surface area contributed by atoms with Crippen LogP contribution in [0.5, 0.6) is 17.4 Å². The maximum absolute atomic E-state index is 14.8. The molecule has 0 radical (unpaired) electrons. The molecule has 73 heavy (non-hydrogen) atoms. The minimum atomic E-state index is -4.71. The summed E-state index contributed by atoms with van der Waals surface area (Å²) in [6.07, 6.45) is 10.7. The zero-order chi connectivity index (χ0) is 50.4. The Balaban J connectivity index is 0.818. The quantitative estimate of drug-likeness (QED) is 0.0723. The molecule has 7 aliphatic rings. The van der Waals surface area contributed by atoms with Gasteiger partial charge in [0.05, 0.1) is 58.1 Å². The Bertz CT molecular complexity index is 3060. The van der Waals surface area contributed by atoms with Crippen molar-refractivity contribution in [2.75, 3.05) is 54.6 Å². The van der Waals surface area contributed by atoms with Gasteiger partial charge < -0.3 is 44.2 Å². The number of piperidine rings is 1. The van der Waals surface area contributed by atoms with Gasteiger partial charge in [-0.15, -0.1) is 0 Å². The number of nitro groups is 1. The molecule has 4 N–H and O–H groups in total. The predicted octanol–water partition coefficient (Wildman–Crippen LogP) is 8.38. The first-order valence-corrected chi connectivity index (χ1v) is 27.5. The monoisotopic (exact) mass is 1020 g/mol. The number of anilines is 4. The van der Waals surface area contributed by atoms with Crippen molar-refractivity contribution >= 4 is 55.4 Å². The SMILES string of the molecule is CC(C)Oc1ccccc1[C@@H]1CCCN1C1CC2(CCN(c3ccc(C(=O)NS(=O)(=O)c4cc5c(c([N+](=O)[O-])c4)N[C@H](C4CCC(C)(O)CC4)CO5)c(N4c5cc6cc[nH]c6nc5O[C@@H]5COC[C@H]54)c3)CC2)C1. The lowest BCUT2D eigenvalue weighted by atomic mass is 9.60. The second-order valence-electron chi connectivity index (χ2n) is 22.1. The summed E-state index contributed by atoms with van der Waals surface area (Å²) in [6.45, 7) is 9.43. The first kappa shape index (κ1) is 47.8. The van der Waals surface area contributed by atoms with Gasteiger partial charge in [-0.3, -0.25) is 19.8 Å². The molecule has 2 aromatic heterocycles. The highest BCUT2D eigenvalue weighted by atomic mass is 32.2.